The van der Waals surface area contributed by atoms with Crippen LogP contribution in [-0.2, 0) is 0 Å². The van der Waals surface area contributed by atoms with E-state index in [-0.39, 0.29) is 0 Å². The molecule has 0 spiro atoms. The van der Waals surface area contributed by atoms with Crippen LogP contribution in [0.25, 0.3) is 0 Å². The molecule has 0 amide bonds. The zero-order chi connectivity index (χ0) is 10.7. The predicted molar refractivity (Wildman–Crippen MR) is 68.6 cm³/mol. The van der Waals surface area contributed by atoms with Crippen molar-refractivity contribution in [3.05, 3.63) is 33.7 Å². The minimum absolute atomic E-state index is 0.957. The Bertz CT molecular complexity index is 461. The Hall–Kier alpha value is -0.480. The molecule has 0 aromatic rings. The van der Waals surface area contributed by atoms with Crippen LogP contribution in [0.1, 0.15) is 27.7 Å². The van der Waals surface area contributed by atoms with E-state index in [9.17, 15) is 0 Å². The van der Waals surface area contributed by atoms with Gasteiger partial charge in [-0.05, 0) is 73.9 Å². The van der Waals surface area contributed by atoms with Crippen LogP contribution in [0, 0.1) is 0 Å². The number of rotatable bonds is 0. The highest BCUT2D eigenvalue weighted by molar-refractivity contribution is 7.80. The summed E-state index contributed by atoms with van der Waals surface area (Å²) in [5.41, 5.74) is 6.09. The first-order valence-corrected chi connectivity index (χ1v) is 7.85. The quantitative estimate of drug-likeness (QED) is 0.525. The molecule has 0 saturated heterocycles. The van der Waals surface area contributed by atoms with Gasteiger partial charge in [0.2, 0.25) is 0 Å². The molecule has 1 heterocycles. The van der Waals surface area contributed by atoms with Crippen molar-refractivity contribution < 1.29 is 0 Å². The Morgan fingerprint density at radius 1 is 0.857 bits per heavy atom. The van der Waals surface area contributed by atoms with E-state index in [4.69, 9.17) is 0 Å². The van der Waals surface area contributed by atoms with Crippen LogP contribution < -0.4 is 0 Å². The van der Waals surface area contributed by atoms with Crippen LogP contribution in [0.2, 0.25) is 0 Å². The summed E-state index contributed by atoms with van der Waals surface area (Å²) in [6.45, 7) is 13.0. The van der Waals surface area contributed by atoms with Crippen molar-refractivity contribution in [3.63, 3.8) is 0 Å². The average Bonchev–Trinajstić information content (AvgIpc) is 2.45. The second-order valence-corrected chi connectivity index (χ2v) is 8.94. The SMILES string of the molecule is CC1=CC2=C(C)C(C)=C(C)C2=P1(C)C. The fourth-order valence-electron chi connectivity index (χ4n) is 2.48. The van der Waals surface area contributed by atoms with Gasteiger partial charge in [-0.3, -0.25) is 0 Å². The molecule has 2 aliphatic rings. The van der Waals surface area contributed by atoms with Crippen LogP contribution in [0.15, 0.2) is 33.7 Å². The maximum atomic E-state index is 2.44. The molecule has 1 aliphatic heterocycles. The fourth-order valence-corrected chi connectivity index (χ4v) is 5.13. The first-order valence-electron chi connectivity index (χ1n) is 5.17. The van der Waals surface area contributed by atoms with Gasteiger partial charge in [0.1, 0.15) is 0 Å². The third-order valence-electron chi connectivity index (χ3n) is 3.93. The van der Waals surface area contributed by atoms with Crippen LogP contribution in [0.5, 0.6) is 0 Å². The maximum Gasteiger partial charge on any atom is -0.0140 e. The lowest BCUT2D eigenvalue weighted by Crippen LogP contribution is -1.98. The summed E-state index contributed by atoms with van der Waals surface area (Å²) in [6, 6.07) is 0. The lowest BCUT2D eigenvalue weighted by molar-refractivity contribution is 1.32. The summed E-state index contributed by atoms with van der Waals surface area (Å²) in [4.78, 5) is 0. The molecular weight excluding hydrogens is 187 g/mol. The number of hydrogen-bond donors (Lipinski definition) is 0. The molecule has 0 saturated carbocycles. The Labute approximate surface area is 87.4 Å². The van der Waals surface area contributed by atoms with E-state index in [0.717, 1.165) is 0 Å². The molecule has 0 atom stereocenters. The van der Waals surface area contributed by atoms with E-state index in [0.29, 0.717) is 0 Å². The van der Waals surface area contributed by atoms with E-state index in [1.807, 2.05) is 0 Å². The second-order valence-electron chi connectivity index (χ2n) is 4.88. The first-order chi connectivity index (χ1) is 6.37. The molecule has 0 bridgehead atoms. The smallest absolute Gasteiger partial charge is 0.0140 e. The highest BCUT2D eigenvalue weighted by Gasteiger charge is 2.30. The highest BCUT2D eigenvalue weighted by atomic mass is 31.2. The van der Waals surface area contributed by atoms with E-state index in [1.165, 1.54) is 16.7 Å². The summed E-state index contributed by atoms with van der Waals surface area (Å²) in [5.74, 6) is 0. The lowest BCUT2D eigenvalue weighted by atomic mass is 10.1. The minimum Gasteiger partial charge on any atom is -0.0793 e. The van der Waals surface area contributed by atoms with Crippen molar-refractivity contribution in [1.29, 1.82) is 0 Å². The average molecular weight is 206 g/mol. The highest BCUT2D eigenvalue weighted by Crippen LogP contribution is 2.59. The van der Waals surface area contributed by atoms with Crippen molar-refractivity contribution in [3.8, 4) is 0 Å². The predicted octanol–water partition coefficient (Wildman–Crippen LogP) is 4.02. The summed E-state index contributed by atoms with van der Waals surface area (Å²) >= 11 is 0. The molecule has 76 valence electrons. The number of allylic oxidation sites excluding steroid dienone is 6. The standard InChI is InChI=1S/C13H19P/c1-8-7-12-10(3)9(2)11(4)13(12)14(8,5)6/h7H,1-6H3. The van der Waals surface area contributed by atoms with Crippen LogP contribution >= 0.6 is 6.89 Å². The largest absolute Gasteiger partial charge is 0.0793 e. The Morgan fingerprint density at radius 2 is 1.43 bits per heavy atom. The lowest BCUT2D eigenvalue weighted by Gasteiger charge is -2.16. The van der Waals surface area contributed by atoms with Gasteiger partial charge in [0.25, 0.3) is 0 Å². The molecule has 0 nitrogen and oxygen atoms in total. The third-order valence-corrected chi connectivity index (χ3v) is 7.52. The summed E-state index contributed by atoms with van der Waals surface area (Å²) < 4.78 is 0. The Morgan fingerprint density at radius 3 is 1.93 bits per heavy atom. The zero-order valence-corrected chi connectivity index (χ0v) is 10.9. The van der Waals surface area contributed by atoms with Gasteiger partial charge in [-0.2, -0.15) is 0 Å². The summed E-state index contributed by atoms with van der Waals surface area (Å²) in [6.07, 6.45) is 2.42. The van der Waals surface area contributed by atoms with Gasteiger partial charge in [-0.25, -0.2) is 0 Å². The monoisotopic (exact) mass is 206 g/mol. The molecule has 0 radical (unpaired) electrons. The molecule has 2 rings (SSSR count). The van der Waals surface area contributed by atoms with Crippen molar-refractivity contribution in [2.24, 2.45) is 0 Å². The van der Waals surface area contributed by atoms with Gasteiger partial charge in [0.05, 0.1) is 0 Å². The maximum absolute atomic E-state index is 2.44. The van der Waals surface area contributed by atoms with Gasteiger partial charge in [-0.15, -0.1) is 0 Å². The van der Waals surface area contributed by atoms with Crippen molar-refractivity contribution in [1.82, 2.24) is 0 Å². The van der Waals surface area contributed by atoms with Crippen molar-refractivity contribution in [2.45, 2.75) is 27.7 Å². The summed E-state index contributed by atoms with van der Waals surface area (Å²) in [5, 5.41) is 3.28. The molecular formula is C13H19P. The molecule has 14 heavy (non-hydrogen) atoms. The molecule has 0 aromatic carbocycles. The molecule has 1 aliphatic carbocycles. The molecule has 1 heteroatoms. The van der Waals surface area contributed by atoms with E-state index in [2.05, 4.69) is 47.1 Å². The molecule has 0 unspecified atom stereocenters. The molecule has 0 N–H and O–H groups in total. The van der Waals surface area contributed by atoms with Crippen LogP contribution in [-0.4, -0.2) is 18.6 Å². The number of hydrogen-bond acceptors (Lipinski definition) is 0. The third kappa shape index (κ3) is 1.01. The molecule has 0 fully saturated rings. The van der Waals surface area contributed by atoms with Gasteiger partial charge in [0, 0.05) is 0 Å². The number of fused-ring (bicyclic) bond motifs is 1. The minimum atomic E-state index is -0.957. The van der Waals surface area contributed by atoms with Crippen molar-refractivity contribution in [2.75, 3.05) is 13.3 Å². The first kappa shape index (κ1) is 10.1. The second kappa shape index (κ2) is 2.76. The van der Waals surface area contributed by atoms with Crippen LogP contribution in [0.3, 0.4) is 0 Å². The van der Waals surface area contributed by atoms with Gasteiger partial charge < -0.3 is 0 Å². The van der Waals surface area contributed by atoms with Crippen LogP contribution in [0.4, 0.5) is 0 Å². The normalized spacial score (nSPS) is 24.7. The molecule has 0 aromatic heterocycles. The van der Waals surface area contributed by atoms with Gasteiger partial charge in [-0.1, -0.05) is 13.0 Å². The topological polar surface area (TPSA) is 0 Å². The Kier molecular flexibility index (Phi) is 1.98. The van der Waals surface area contributed by atoms with Gasteiger partial charge >= 0.3 is 0 Å². The summed E-state index contributed by atoms with van der Waals surface area (Å²) in [7, 11) is 0. The fraction of sp³-hybridized carbons (Fsp3) is 0.462. The van der Waals surface area contributed by atoms with E-state index in [1.54, 1.807) is 16.2 Å². The van der Waals surface area contributed by atoms with Crippen molar-refractivity contribution >= 4 is 12.2 Å². The van der Waals surface area contributed by atoms with Gasteiger partial charge in [0.15, 0.2) is 0 Å². The zero-order valence-electron chi connectivity index (χ0n) is 10.0. The van der Waals surface area contributed by atoms with E-state index < -0.39 is 6.89 Å². The Balaban J connectivity index is 2.83. The van der Waals surface area contributed by atoms with E-state index >= 15 is 0 Å².